The Morgan fingerprint density at radius 2 is 2.07 bits per heavy atom. The number of fused-ring (bicyclic) bond motifs is 1. The van der Waals surface area contributed by atoms with Crippen LogP contribution in [-0.4, -0.2) is 17.1 Å². The highest BCUT2D eigenvalue weighted by Crippen LogP contribution is 2.31. The number of carbonyl (C=O) groups excluding carboxylic acids is 1. The molecule has 2 aromatic carbocycles. The van der Waals surface area contributed by atoms with Crippen LogP contribution >= 0.6 is 22.9 Å². The summed E-state index contributed by atoms with van der Waals surface area (Å²) in [6, 6.07) is 11.8. The summed E-state index contributed by atoms with van der Waals surface area (Å²) in [5, 5.41) is 4.92. The molecule has 0 aliphatic carbocycles. The Labute approximate surface area is 167 Å². The third-order valence-electron chi connectivity index (χ3n) is 4.26. The predicted octanol–water partition coefficient (Wildman–Crippen LogP) is 4.34. The second-order valence-electron chi connectivity index (χ2n) is 6.64. The van der Waals surface area contributed by atoms with Crippen molar-refractivity contribution < 1.29 is 9.53 Å². The van der Waals surface area contributed by atoms with Gasteiger partial charge in [-0.3, -0.25) is 4.79 Å². The van der Waals surface area contributed by atoms with E-state index >= 15 is 0 Å². The molecule has 3 aromatic rings. The fraction of sp³-hybridized carbons (Fsp3) is 0.300. The third-order valence-corrected chi connectivity index (χ3v) is 5.78. The number of ether oxygens (including phenoxy) is 1. The molecule has 1 amide bonds. The molecule has 1 aromatic heterocycles. The molecular formula is C20H22ClN3O2S. The molecule has 0 atom stereocenters. The summed E-state index contributed by atoms with van der Waals surface area (Å²) in [6.07, 6.45) is 0. The van der Waals surface area contributed by atoms with Gasteiger partial charge in [0.15, 0.2) is 6.61 Å². The van der Waals surface area contributed by atoms with E-state index in [0.29, 0.717) is 10.8 Å². The zero-order chi connectivity index (χ0) is 19.6. The van der Waals surface area contributed by atoms with E-state index < -0.39 is 0 Å². The van der Waals surface area contributed by atoms with Gasteiger partial charge in [-0.2, -0.15) is 0 Å². The van der Waals surface area contributed by atoms with E-state index in [9.17, 15) is 4.79 Å². The summed E-state index contributed by atoms with van der Waals surface area (Å²) in [5.41, 5.74) is 5.54. The molecule has 7 heteroatoms. The average molecular weight is 404 g/mol. The summed E-state index contributed by atoms with van der Waals surface area (Å²) < 4.78 is 8.80. The van der Waals surface area contributed by atoms with E-state index in [1.807, 2.05) is 54.9 Å². The van der Waals surface area contributed by atoms with Crippen molar-refractivity contribution in [3.63, 3.8) is 0 Å². The van der Waals surface area contributed by atoms with Gasteiger partial charge in [-0.05, 0) is 48.2 Å². The second kappa shape index (κ2) is 8.15. The minimum atomic E-state index is -0.310. The first-order valence-corrected chi connectivity index (χ1v) is 9.86. The Bertz CT molecular complexity index is 1050. The number of halogens is 1. The van der Waals surface area contributed by atoms with Crippen LogP contribution in [0.4, 0.5) is 0 Å². The van der Waals surface area contributed by atoms with Crippen molar-refractivity contribution in [2.24, 2.45) is 12.1 Å². The SMILES string of the molecule is Cc1cc(OCC(=O)NN=c2sc3ccccc3n2C)c(C(C)C)cc1Cl. The Kier molecular flexibility index (Phi) is 5.87. The molecule has 0 radical (unpaired) electrons. The highest BCUT2D eigenvalue weighted by atomic mass is 35.5. The lowest BCUT2D eigenvalue weighted by atomic mass is 10.0. The number of aryl methyl sites for hydroxylation is 2. The van der Waals surface area contributed by atoms with E-state index in [1.54, 1.807) is 0 Å². The molecule has 3 rings (SSSR count). The second-order valence-corrected chi connectivity index (χ2v) is 8.06. The normalized spacial score (nSPS) is 12.0. The van der Waals surface area contributed by atoms with Gasteiger partial charge in [-0.25, -0.2) is 5.43 Å². The molecule has 0 aliphatic heterocycles. The Hall–Kier alpha value is -2.31. The predicted molar refractivity (Wildman–Crippen MR) is 110 cm³/mol. The van der Waals surface area contributed by atoms with Gasteiger partial charge in [0.1, 0.15) is 5.75 Å². The number of amides is 1. The lowest BCUT2D eigenvalue weighted by molar-refractivity contribution is -0.123. The maximum Gasteiger partial charge on any atom is 0.278 e. The Balaban J connectivity index is 1.72. The molecule has 142 valence electrons. The van der Waals surface area contributed by atoms with Crippen molar-refractivity contribution in [1.82, 2.24) is 9.99 Å². The topological polar surface area (TPSA) is 55.6 Å². The monoisotopic (exact) mass is 403 g/mol. The van der Waals surface area contributed by atoms with Crippen LogP contribution in [0.25, 0.3) is 10.2 Å². The van der Waals surface area contributed by atoms with E-state index in [4.69, 9.17) is 16.3 Å². The first kappa shape index (κ1) is 19.5. The average Bonchev–Trinajstić information content (AvgIpc) is 2.96. The molecule has 27 heavy (non-hydrogen) atoms. The van der Waals surface area contributed by atoms with Crippen molar-refractivity contribution in [3.05, 3.63) is 57.3 Å². The van der Waals surface area contributed by atoms with Gasteiger partial charge in [0, 0.05) is 12.1 Å². The maximum atomic E-state index is 12.2. The minimum Gasteiger partial charge on any atom is -0.483 e. The van der Waals surface area contributed by atoms with Gasteiger partial charge in [0.05, 0.1) is 10.2 Å². The van der Waals surface area contributed by atoms with Gasteiger partial charge in [0.2, 0.25) is 4.80 Å². The molecule has 5 nitrogen and oxygen atoms in total. The van der Waals surface area contributed by atoms with Crippen LogP contribution in [0.3, 0.4) is 0 Å². The highest BCUT2D eigenvalue weighted by molar-refractivity contribution is 7.16. The summed E-state index contributed by atoms with van der Waals surface area (Å²) in [6.45, 7) is 5.92. The quantitative estimate of drug-likeness (QED) is 0.644. The molecular weight excluding hydrogens is 382 g/mol. The summed E-state index contributed by atoms with van der Waals surface area (Å²) in [5.74, 6) is 0.604. The number of nitrogens with zero attached hydrogens (tertiary/aromatic N) is 2. The van der Waals surface area contributed by atoms with Crippen molar-refractivity contribution >= 4 is 39.1 Å². The smallest absolute Gasteiger partial charge is 0.278 e. The summed E-state index contributed by atoms with van der Waals surface area (Å²) in [7, 11) is 1.92. The van der Waals surface area contributed by atoms with Crippen LogP contribution in [0.5, 0.6) is 5.75 Å². The lowest BCUT2D eigenvalue weighted by Crippen LogP contribution is -2.28. The van der Waals surface area contributed by atoms with E-state index in [-0.39, 0.29) is 18.4 Å². The van der Waals surface area contributed by atoms with E-state index in [1.165, 1.54) is 11.3 Å². The van der Waals surface area contributed by atoms with Crippen molar-refractivity contribution in [2.75, 3.05) is 6.61 Å². The number of hydrogen-bond acceptors (Lipinski definition) is 4. The fourth-order valence-electron chi connectivity index (χ4n) is 2.72. The van der Waals surface area contributed by atoms with E-state index in [2.05, 4.69) is 24.4 Å². The Morgan fingerprint density at radius 1 is 1.33 bits per heavy atom. The molecule has 0 unspecified atom stereocenters. The molecule has 0 aliphatic rings. The number of para-hydroxylation sites is 1. The molecule has 0 fully saturated rings. The van der Waals surface area contributed by atoms with Crippen molar-refractivity contribution in [2.45, 2.75) is 26.7 Å². The largest absolute Gasteiger partial charge is 0.483 e. The van der Waals surface area contributed by atoms with Crippen LogP contribution < -0.4 is 15.0 Å². The first-order valence-electron chi connectivity index (χ1n) is 8.66. The van der Waals surface area contributed by atoms with Crippen molar-refractivity contribution in [3.8, 4) is 5.75 Å². The number of carbonyl (C=O) groups is 1. The number of aromatic nitrogens is 1. The number of benzene rings is 2. The summed E-state index contributed by atoms with van der Waals surface area (Å²) >= 11 is 7.72. The van der Waals surface area contributed by atoms with E-state index in [0.717, 1.165) is 26.1 Å². The fourth-order valence-corrected chi connectivity index (χ4v) is 3.87. The zero-order valence-corrected chi connectivity index (χ0v) is 17.3. The number of thiazole rings is 1. The summed E-state index contributed by atoms with van der Waals surface area (Å²) in [4.78, 5) is 12.9. The van der Waals surface area contributed by atoms with Crippen LogP contribution in [-0.2, 0) is 11.8 Å². The van der Waals surface area contributed by atoms with Crippen molar-refractivity contribution in [1.29, 1.82) is 0 Å². The standard InChI is InChI=1S/C20H22ClN3O2S/c1-12(2)14-10-15(21)13(3)9-17(14)26-11-19(25)22-23-20-24(4)16-7-5-6-8-18(16)27-20/h5-10,12H,11H2,1-4H3,(H,22,25). The van der Waals surface area contributed by atoms with Crippen LogP contribution in [0.1, 0.15) is 30.9 Å². The van der Waals surface area contributed by atoms with Gasteiger partial charge >= 0.3 is 0 Å². The van der Waals surface area contributed by atoms with Crippen LogP contribution in [0.15, 0.2) is 41.5 Å². The highest BCUT2D eigenvalue weighted by Gasteiger charge is 2.12. The zero-order valence-electron chi connectivity index (χ0n) is 15.7. The van der Waals surface area contributed by atoms with Gasteiger partial charge in [-0.15, -0.1) is 5.10 Å². The lowest BCUT2D eigenvalue weighted by Gasteiger charge is -2.15. The van der Waals surface area contributed by atoms with Gasteiger partial charge in [-0.1, -0.05) is 48.9 Å². The minimum absolute atomic E-state index is 0.112. The third kappa shape index (κ3) is 4.34. The van der Waals surface area contributed by atoms with Gasteiger partial charge < -0.3 is 9.30 Å². The van der Waals surface area contributed by atoms with Crippen LogP contribution in [0, 0.1) is 6.92 Å². The van der Waals surface area contributed by atoms with Gasteiger partial charge in [0.25, 0.3) is 5.91 Å². The molecule has 1 heterocycles. The molecule has 0 spiro atoms. The molecule has 1 N–H and O–H groups in total. The number of hydrogen-bond donors (Lipinski definition) is 1. The number of nitrogens with one attached hydrogen (secondary N) is 1. The molecule has 0 saturated carbocycles. The Morgan fingerprint density at radius 3 is 2.78 bits per heavy atom. The molecule has 0 saturated heterocycles. The van der Waals surface area contributed by atoms with Crippen LogP contribution in [0.2, 0.25) is 5.02 Å². The molecule has 0 bridgehead atoms. The number of rotatable bonds is 5. The maximum absolute atomic E-state index is 12.2. The first-order chi connectivity index (χ1) is 12.9.